The molecule has 1 heterocycles. The van der Waals surface area contributed by atoms with E-state index in [4.69, 9.17) is 21.1 Å². The highest BCUT2D eigenvalue weighted by Crippen LogP contribution is 2.20. The number of hydrogen-bond donors (Lipinski definition) is 1. The van der Waals surface area contributed by atoms with Crippen molar-refractivity contribution >= 4 is 23.3 Å². The van der Waals surface area contributed by atoms with Crippen LogP contribution in [0.5, 0.6) is 11.5 Å². The number of nitrogens with one attached hydrogen (secondary N) is 1. The van der Waals surface area contributed by atoms with Gasteiger partial charge in [-0.2, -0.15) is 5.10 Å². The first-order valence-electron chi connectivity index (χ1n) is 11.1. The molecule has 0 aliphatic rings. The molecule has 0 saturated carbocycles. The number of carbonyl (C=O) groups is 1. The van der Waals surface area contributed by atoms with E-state index in [0.29, 0.717) is 36.2 Å². The second kappa shape index (κ2) is 10.9. The second-order valence-corrected chi connectivity index (χ2v) is 8.17. The fourth-order valence-corrected chi connectivity index (χ4v) is 3.67. The van der Waals surface area contributed by atoms with Gasteiger partial charge >= 0.3 is 0 Å². The molecule has 0 saturated heterocycles. The van der Waals surface area contributed by atoms with Gasteiger partial charge in [0.2, 0.25) is 0 Å². The predicted octanol–water partition coefficient (Wildman–Crippen LogP) is 6.12. The third kappa shape index (κ3) is 5.97. The molecule has 4 aromatic rings. The molecule has 6 nitrogen and oxygen atoms in total. The topological polar surface area (TPSA) is 65.4 Å². The van der Waals surface area contributed by atoms with Gasteiger partial charge < -0.3 is 14.8 Å². The molecule has 4 rings (SSSR count). The van der Waals surface area contributed by atoms with Crippen molar-refractivity contribution in [1.29, 1.82) is 0 Å². The van der Waals surface area contributed by atoms with Crippen LogP contribution in [-0.2, 0) is 13.2 Å². The SMILES string of the molecule is CCOc1ccc(OCc2cccc(C(=O)Nc3cc(C)n(Cc4ccccc4Cl)n3)c2)cc1. The molecule has 0 fully saturated rings. The van der Waals surface area contributed by atoms with Crippen molar-refractivity contribution in [2.75, 3.05) is 11.9 Å². The summed E-state index contributed by atoms with van der Waals surface area (Å²) in [6, 6.07) is 24.3. The van der Waals surface area contributed by atoms with Gasteiger partial charge in [-0.05, 0) is 67.4 Å². The molecule has 1 amide bonds. The van der Waals surface area contributed by atoms with Crippen LogP contribution < -0.4 is 14.8 Å². The van der Waals surface area contributed by atoms with E-state index in [1.165, 1.54) is 0 Å². The van der Waals surface area contributed by atoms with E-state index in [-0.39, 0.29) is 5.91 Å². The van der Waals surface area contributed by atoms with Crippen molar-refractivity contribution in [3.05, 3.63) is 106 Å². The highest BCUT2D eigenvalue weighted by molar-refractivity contribution is 6.31. The monoisotopic (exact) mass is 475 g/mol. The molecular formula is C27H26ClN3O3. The maximum atomic E-state index is 12.8. The van der Waals surface area contributed by atoms with Crippen LogP contribution in [-0.4, -0.2) is 22.3 Å². The third-order valence-electron chi connectivity index (χ3n) is 5.23. The fraction of sp³-hybridized carbons (Fsp3) is 0.185. The standard InChI is InChI=1S/C27H26ClN3O3/c1-3-33-23-11-13-24(14-12-23)34-18-20-7-6-9-21(16-20)27(32)29-26-15-19(2)31(30-26)17-22-8-4-5-10-25(22)28/h4-16H,3,17-18H2,1-2H3,(H,29,30,32). The van der Waals surface area contributed by atoms with Gasteiger partial charge in [-0.1, -0.05) is 41.9 Å². The Bertz CT molecular complexity index is 1270. The average Bonchev–Trinajstić information content (AvgIpc) is 3.18. The number of benzene rings is 3. The molecule has 1 N–H and O–H groups in total. The summed E-state index contributed by atoms with van der Waals surface area (Å²) in [7, 11) is 0. The molecule has 0 aliphatic carbocycles. The van der Waals surface area contributed by atoms with Crippen molar-refractivity contribution < 1.29 is 14.3 Å². The number of amides is 1. The predicted molar refractivity (Wildman–Crippen MR) is 134 cm³/mol. The van der Waals surface area contributed by atoms with Crippen LogP contribution in [0, 0.1) is 6.92 Å². The summed E-state index contributed by atoms with van der Waals surface area (Å²) in [6.45, 7) is 5.39. The lowest BCUT2D eigenvalue weighted by molar-refractivity contribution is 0.102. The second-order valence-electron chi connectivity index (χ2n) is 7.77. The Morgan fingerprint density at radius 3 is 2.44 bits per heavy atom. The smallest absolute Gasteiger partial charge is 0.256 e. The zero-order valence-electron chi connectivity index (χ0n) is 19.1. The van der Waals surface area contributed by atoms with Crippen LogP contribution in [0.25, 0.3) is 0 Å². The van der Waals surface area contributed by atoms with Gasteiger partial charge in [0.1, 0.15) is 18.1 Å². The molecule has 0 spiro atoms. The Morgan fingerprint density at radius 2 is 1.71 bits per heavy atom. The Morgan fingerprint density at radius 1 is 0.971 bits per heavy atom. The van der Waals surface area contributed by atoms with Gasteiger partial charge in [-0.25, -0.2) is 0 Å². The quantitative estimate of drug-likeness (QED) is 0.316. The number of halogens is 1. The lowest BCUT2D eigenvalue weighted by atomic mass is 10.1. The van der Waals surface area contributed by atoms with Crippen LogP contribution in [0.4, 0.5) is 5.82 Å². The zero-order chi connectivity index (χ0) is 23.9. The van der Waals surface area contributed by atoms with Crippen LogP contribution >= 0.6 is 11.6 Å². The van der Waals surface area contributed by atoms with Gasteiger partial charge in [0.25, 0.3) is 5.91 Å². The summed E-state index contributed by atoms with van der Waals surface area (Å²) in [6.07, 6.45) is 0. The van der Waals surface area contributed by atoms with Gasteiger partial charge in [0, 0.05) is 22.3 Å². The number of anilines is 1. The lowest BCUT2D eigenvalue weighted by Gasteiger charge is -2.09. The highest BCUT2D eigenvalue weighted by Gasteiger charge is 2.12. The molecule has 3 aromatic carbocycles. The minimum atomic E-state index is -0.231. The first kappa shape index (κ1) is 23.4. The van der Waals surface area contributed by atoms with Crippen LogP contribution in [0.2, 0.25) is 5.02 Å². The molecule has 1 aromatic heterocycles. The molecule has 0 bridgehead atoms. The average molecular weight is 476 g/mol. The number of hydrogen-bond acceptors (Lipinski definition) is 4. The highest BCUT2D eigenvalue weighted by atomic mass is 35.5. The summed E-state index contributed by atoms with van der Waals surface area (Å²) in [5.74, 6) is 1.80. The van der Waals surface area contributed by atoms with E-state index in [1.54, 1.807) is 6.07 Å². The minimum absolute atomic E-state index is 0.231. The van der Waals surface area contributed by atoms with Gasteiger partial charge in [0.15, 0.2) is 5.82 Å². The van der Waals surface area contributed by atoms with Crippen LogP contribution in [0.3, 0.4) is 0 Å². The Hall–Kier alpha value is -3.77. The van der Waals surface area contributed by atoms with Gasteiger partial charge in [0.05, 0.1) is 13.2 Å². The molecule has 174 valence electrons. The number of carbonyl (C=O) groups excluding carboxylic acids is 1. The van der Waals surface area contributed by atoms with Crippen molar-refractivity contribution in [3.63, 3.8) is 0 Å². The first-order chi connectivity index (χ1) is 16.5. The van der Waals surface area contributed by atoms with E-state index in [1.807, 2.05) is 91.3 Å². The van der Waals surface area contributed by atoms with Crippen LogP contribution in [0.1, 0.15) is 34.1 Å². The van der Waals surface area contributed by atoms with E-state index >= 15 is 0 Å². The first-order valence-corrected chi connectivity index (χ1v) is 11.4. The molecule has 0 radical (unpaired) electrons. The van der Waals surface area contributed by atoms with Gasteiger partial charge in [-0.3, -0.25) is 9.48 Å². The third-order valence-corrected chi connectivity index (χ3v) is 5.60. The van der Waals surface area contributed by atoms with Crippen LogP contribution in [0.15, 0.2) is 78.9 Å². The maximum Gasteiger partial charge on any atom is 0.256 e. The summed E-state index contributed by atoms with van der Waals surface area (Å²) in [5, 5.41) is 8.09. The van der Waals surface area contributed by atoms with Crippen molar-refractivity contribution in [2.24, 2.45) is 0 Å². The molecule has 0 unspecified atom stereocenters. The molecular weight excluding hydrogens is 450 g/mol. The van der Waals surface area contributed by atoms with Crippen molar-refractivity contribution in [3.8, 4) is 11.5 Å². The number of aryl methyl sites for hydroxylation is 1. The maximum absolute atomic E-state index is 12.8. The summed E-state index contributed by atoms with van der Waals surface area (Å²) >= 11 is 6.27. The number of nitrogens with zero attached hydrogens (tertiary/aromatic N) is 2. The molecule has 0 aliphatic heterocycles. The summed E-state index contributed by atoms with van der Waals surface area (Å²) in [5.41, 5.74) is 3.31. The van der Waals surface area contributed by atoms with Gasteiger partial charge in [-0.15, -0.1) is 0 Å². The van der Waals surface area contributed by atoms with Crippen molar-refractivity contribution in [1.82, 2.24) is 9.78 Å². The Balaban J connectivity index is 1.38. The fourth-order valence-electron chi connectivity index (χ4n) is 3.48. The van der Waals surface area contributed by atoms with E-state index in [2.05, 4.69) is 10.4 Å². The number of ether oxygens (including phenoxy) is 2. The molecule has 0 atom stereocenters. The zero-order valence-corrected chi connectivity index (χ0v) is 19.9. The largest absolute Gasteiger partial charge is 0.494 e. The number of aromatic nitrogens is 2. The Kier molecular flexibility index (Phi) is 7.50. The van der Waals surface area contributed by atoms with E-state index in [0.717, 1.165) is 28.3 Å². The Labute approximate surface area is 204 Å². The number of rotatable bonds is 9. The summed E-state index contributed by atoms with van der Waals surface area (Å²) in [4.78, 5) is 12.8. The molecule has 34 heavy (non-hydrogen) atoms. The van der Waals surface area contributed by atoms with E-state index in [9.17, 15) is 4.79 Å². The minimum Gasteiger partial charge on any atom is -0.494 e. The normalized spacial score (nSPS) is 10.7. The van der Waals surface area contributed by atoms with Crippen molar-refractivity contribution in [2.45, 2.75) is 27.0 Å². The lowest BCUT2D eigenvalue weighted by Crippen LogP contribution is -2.13. The summed E-state index contributed by atoms with van der Waals surface area (Å²) < 4.78 is 13.1. The molecule has 7 heteroatoms. The van der Waals surface area contributed by atoms with E-state index < -0.39 is 0 Å².